The highest BCUT2D eigenvalue weighted by Gasteiger charge is 2.16. The Kier molecular flexibility index (Phi) is 1.66. The van der Waals surface area contributed by atoms with E-state index in [0.29, 0.717) is 10.9 Å². The van der Waals surface area contributed by atoms with Gasteiger partial charge in [0.1, 0.15) is 10.5 Å². The SMILES string of the molecule is O=[N+]([O-])c1c[nH]c2ccnc(Cl)c12. The van der Waals surface area contributed by atoms with E-state index in [1.54, 1.807) is 6.07 Å². The summed E-state index contributed by atoms with van der Waals surface area (Å²) in [5, 5.41) is 11.0. The van der Waals surface area contributed by atoms with Gasteiger partial charge in [0, 0.05) is 6.20 Å². The van der Waals surface area contributed by atoms with E-state index < -0.39 is 4.92 Å². The number of nitro groups is 1. The summed E-state index contributed by atoms with van der Waals surface area (Å²) in [7, 11) is 0. The third-order valence-corrected chi connectivity index (χ3v) is 2.01. The molecule has 0 aliphatic rings. The maximum absolute atomic E-state index is 10.5. The van der Waals surface area contributed by atoms with Gasteiger partial charge in [0.15, 0.2) is 0 Å². The molecule has 2 aromatic heterocycles. The highest BCUT2D eigenvalue weighted by atomic mass is 35.5. The Bertz CT molecular complexity index is 480. The first-order valence-electron chi connectivity index (χ1n) is 3.46. The summed E-state index contributed by atoms with van der Waals surface area (Å²) in [5.74, 6) is 0. The van der Waals surface area contributed by atoms with E-state index in [2.05, 4.69) is 9.97 Å². The van der Waals surface area contributed by atoms with Gasteiger partial charge in [-0.15, -0.1) is 0 Å². The molecule has 2 heterocycles. The van der Waals surface area contributed by atoms with Crippen LogP contribution in [0.25, 0.3) is 10.9 Å². The molecule has 1 N–H and O–H groups in total. The van der Waals surface area contributed by atoms with Gasteiger partial charge in [-0.05, 0) is 6.07 Å². The lowest BCUT2D eigenvalue weighted by atomic mass is 10.3. The van der Waals surface area contributed by atoms with E-state index in [0.717, 1.165) is 0 Å². The molecular formula is C7H4ClN3O2. The second-order valence-electron chi connectivity index (χ2n) is 2.46. The molecule has 2 aromatic rings. The predicted molar refractivity (Wildman–Crippen MR) is 47.8 cm³/mol. The average Bonchev–Trinajstić information content (AvgIpc) is 2.49. The molecule has 0 radical (unpaired) electrons. The van der Waals surface area contributed by atoms with Crippen LogP contribution in [-0.2, 0) is 0 Å². The normalized spacial score (nSPS) is 10.5. The molecule has 0 fully saturated rings. The molecule has 0 unspecified atom stereocenters. The number of aromatic amines is 1. The zero-order chi connectivity index (χ0) is 9.42. The number of H-pyrrole nitrogens is 1. The van der Waals surface area contributed by atoms with Crippen LogP contribution in [0.1, 0.15) is 0 Å². The lowest BCUT2D eigenvalue weighted by Crippen LogP contribution is -1.86. The first-order valence-corrected chi connectivity index (χ1v) is 3.84. The molecule has 0 aliphatic carbocycles. The molecule has 6 heteroatoms. The molecule has 0 aliphatic heterocycles. The van der Waals surface area contributed by atoms with Crippen LogP contribution >= 0.6 is 11.6 Å². The minimum Gasteiger partial charge on any atom is -0.355 e. The Labute approximate surface area is 77.5 Å². The number of nitrogens with zero attached hydrogens (tertiary/aromatic N) is 2. The second kappa shape index (κ2) is 2.70. The van der Waals surface area contributed by atoms with Crippen LogP contribution in [0, 0.1) is 10.1 Å². The fourth-order valence-corrected chi connectivity index (χ4v) is 1.42. The summed E-state index contributed by atoms with van der Waals surface area (Å²) in [6.07, 6.45) is 2.79. The first kappa shape index (κ1) is 8.00. The highest BCUT2D eigenvalue weighted by Crippen LogP contribution is 2.29. The van der Waals surface area contributed by atoms with E-state index in [9.17, 15) is 10.1 Å². The van der Waals surface area contributed by atoms with Crippen LogP contribution in [0.4, 0.5) is 5.69 Å². The van der Waals surface area contributed by atoms with Crippen LogP contribution in [-0.4, -0.2) is 14.9 Å². The van der Waals surface area contributed by atoms with Crippen molar-refractivity contribution in [3.8, 4) is 0 Å². The third kappa shape index (κ3) is 1.13. The van der Waals surface area contributed by atoms with Crippen molar-refractivity contribution in [2.24, 2.45) is 0 Å². The summed E-state index contributed by atoms with van der Waals surface area (Å²) in [5.41, 5.74) is 0.569. The molecule has 0 spiro atoms. The van der Waals surface area contributed by atoms with Crippen molar-refractivity contribution in [2.75, 3.05) is 0 Å². The molecule has 66 valence electrons. The number of nitrogens with one attached hydrogen (secondary N) is 1. The smallest absolute Gasteiger partial charge is 0.297 e. The zero-order valence-corrected chi connectivity index (χ0v) is 7.08. The Hall–Kier alpha value is -1.62. The second-order valence-corrected chi connectivity index (χ2v) is 2.81. The minimum absolute atomic E-state index is 0.0481. The lowest BCUT2D eigenvalue weighted by Gasteiger charge is -1.91. The Morgan fingerprint density at radius 2 is 2.38 bits per heavy atom. The first-order chi connectivity index (χ1) is 6.20. The summed E-state index contributed by atoms with van der Waals surface area (Å²) < 4.78 is 0. The fraction of sp³-hybridized carbons (Fsp3) is 0. The lowest BCUT2D eigenvalue weighted by molar-refractivity contribution is -0.383. The standard InChI is InChI=1S/C7H4ClN3O2/c8-7-6-4(1-2-9-7)10-3-5(6)11(12)13/h1-3,10H. The van der Waals surface area contributed by atoms with Crippen molar-refractivity contribution < 1.29 is 4.92 Å². The molecular weight excluding hydrogens is 194 g/mol. The molecule has 0 saturated heterocycles. The van der Waals surface area contributed by atoms with Gasteiger partial charge in [-0.2, -0.15) is 0 Å². The van der Waals surface area contributed by atoms with Gasteiger partial charge in [-0.1, -0.05) is 11.6 Å². The van der Waals surface area contributed by atoms with Gasteiger partial charge in [0.2, 0.25) is 0 Å². The molecule has 0 atom stereocenters. The highest BCUT2D eigenvalue weighted by molar-refractivity contribution is 6.35. The molecule has 0 bridgehead atoms. The van der Waals surface area contributed by atoms with Crippen LogP contribution in [0.15, 0.2) is 18.5 Å². The van der Waals surface area contributed by atoms with E-state index >= 15 is 0 Å². The van der Waals surface area contributed by atoms with Gasteiger partial charge in [0.25, 0.3) is 5.69 Å². The van der Waals surface area contributed by atoms with Crippen molar-refractivity contribution in [3.63, 3.8) is 0 Å². The largest absolute Gasteiger partial charge is 0.355 e. The quantitative estimate of drug-likeness (QED) is 0.432. The zero-order valence-electron chi connectivity index (χ0n) is 6.32. The maximum atomic E-state index is 10.5. The summed E-state index contributed by atoms with van der Waals surface area (Å²) >= 11 is 5.71. The molecule has 13 heavy (non-hydrogen) atoms. The van der Waals surface area contributed by atoms with Crippen molar-refractivity contribution in [3.05, 3.63) is 33.7 Å². The van der Waals surface area contributed by atoms with Gasteiger partial charge < -0.3 is 4.98 Å². The van der Waals surface area contributed by atoms with Gasteiger partial charge in [0.05, 0.1) is 16.6 Å². The van der Waals surface area contributed by atoms with E-state index in [4.69, 9.17) is 11.6 Å². The number of fused-ring (bicyclic) bond motifs is 1. The Balaban J connectivity index is 2.86. The van der Waals surface area contributed by atoms with Crippen LogP contribution in [0.5, 0.6) is 0 Å². The van der Waals surface area contributed by atoms with E-state index in [-0.39, 0.29) is 10.8 Å². The van der Waals surface area contributed by atoms with Gasteiger partial charge in [-0.3, -0.25) is 10.1 Å². The van der Waals surface area contributed by atoms with Crippen LogP contribution < -0.4 is 0 Å². The molecule has 0 aromatic carbocycles. The topological polar surface area (TPSA) is 71.8 Å². The van der Waals surface area contributed by atoms with E-state index in [1.165, 1.54) is 12.4 Å². The number of pyridine rings is 1. The van der Waals surface area contributed by atoms with Gasteiger partial charge >= 0.3 is 0 Å². The maximum Gasteiger partial charge on any atom is 0.297 e. The molecule has 0 amide bonds. The molecule has 0 saturated carbocycles. The molecule has 5 nitrogen and oxygen atoms in total. The predicted octanol–water partition coefficient (Wildman–Crippen LogP) is 2.12. The third-order valence-electron chi connectivity index (χ3n) is 1.72. The number of hydrogen-bond donors (Lipinski definition) is 1. The number of aromatic nitrogens is 2. The fourth-order valence-electron chi connectivity index (χ4n) is 1.16. The average molecular weight is 198 g/mol. The van der Waals surface area contributed by atoms with Crippen molar-refractivity contribution in [1.29, 1.82) is 0 Å². The Morgan fingerprint density at radius 1 is 1.62 bits per heavy atom. The summed E-state index contributed by atoms with van der Waals surface area (Å²) in [6, 6.07) is 1.63. The molecule has 2 rings (SSSR count). The van der Waals surface area contributed by atoms with Crippen molar-refractivity contribution >= 4 is 28.2 Å². The summed E-state index contributed by atoms with van der Waals surface area (Å²) in [4.78, 5) is 16.5. The van der Waals surface area contributed by atoms with Crippen LogP contribution in [0.3, 0.4) is 0 Å². The van der Waals surface area contributed by atoms with Crippen LogP contribution in [0.2, 0.25) is 5.15 Å². The number of halogens is 1. The minimum atomic E-state index is -0.494. The monoisotopic (exact) mass is 197 g/mol. The van der Waals surface area contributed by atoms with Crippen molar-refractivity contribution in [2.45, 2.75) is 0 Å². The van der Waals surface area contributed by atoms with Crippen molar-refractivity contribution in [1.82, 2.24) is 9.97 Å². The summed E-state index contributed by atoms with van der Waals surface area (Å²) in [6.45, 7) is 0. The number of rotatable bonds is 1. The number of hydrogen-bond acceptors (Lipinski definition) is 3. The Morgan fingerprint density at radius 3 is 3.08 bits per heavy atom. The van der Waals surface area contributed by atoms with E-state index in [1.807, 2.05) is 0 Å². The van der Waals surface area contributed by atoms with Gasteiger partial charge in [-0.25, -0.2) is 4.98 Å².